The van der Waals surface area contributed by atoms with Crippen LogP contribution in [0, 0.1) is 5.41 Å². The zero-order valence-corrected chi connectivity index (χ0v) is 10.3. The molecule has 1 aromatic rings. The van der Waals surface area contributed by atoms with Gasteiger partial charge < -0.3 is 15.2 Å². The molecule has 2 N–H and O–H groups in total. The van der Waals surface area contributed by atoms with Gasteiger partial charge in [-0.1, -0.05) is 6.07 Å². The van der Waals surface area contributed by atoms with E-state index < -0.39 is 0 Å². The maximum atomic E-state index is 8.97. The van der Waals surface area contributed by atoms with Crippen LogP contribution in [0.15, 0.2) is 18.2 Å². The highest BCUT2D eigenvalue weighted by molar-refractivity contribution is 5.15. The van der Waals surface area contributed by atoms with Crippen LogP contribution in [0.1, 0.15) is 25.0 Å². The van der Waals surface area contributed by atoms with E-state index in [0.717, 1.165) is 25.2 Å². The number of hydrogen-bond acceptors (Lipinski definition) is 4. The van der Waals surface area contributed by atoms with Crippen molar-refractivity contribution < 1.29 is 9.84 Å². The molecule has 1 aliphatic rings. The van der Waals surface area contributed by atoms with E-state index in [9.17, 15) is 0 Å². The zero-order chi connectivity index (χ0) is 12.1. The molecule has 4 heteroatoms. The second kappa shape index (κ2) is 5.47. The van der Waals surface area contributed by atoms with Gasteiger partial charge in [-0.3, -0.25) is 0 Å². The highest BCUT2D eigenvalue weighted by Gasteiger charge is 2.41. The largest absolute Gasteiger partial charge is 0.481 e. The van der Waals surface area contributed by atoms with E-state index in [1.807, 2.05) is 18.2 Å². The van der Waals surface area contributed by atoms with Crippen molar-refractivity contribution >= 4 is 0 Å². The van der Waals surface area contributed by atoms with Gasteiger partial charge in [0.25, 0.3) is 0 Å². The quantitative estimate of drug-likeness (QED) is 0.750. The number of aromatic nitrogens is 1. The number of aliphatic hydroxyl groups is 1. The number of aliphatic hydroxyl groups excluding tert-OH is 1. The predicted molar refractivity (Wildman–Crippen MR) is 65.9 cm³/mol. The van der Waals surface area contributed by atoms with Crippen LogP contribution in [0.25, 0.3) is 0 Å². The second-order valence-electron chi connectivity index (χ2n) is 4.75. The molecule has 0 atom stereocenters. The molecule has 0 bridgehead atoms. The number of pyridine rings is 1. The second-order valence-corrected chi connectivity index (χ2v) is 4.75. The molecule has 0 unspecified atom stereocenters. The third kappa shape index (κ3) is 3.41. The normalized spacial score (nSPS) is 16.8. The average molecular weight is 236 g/mol. The maximum absolute atomic E-state index is 8.97. The summed E-state index contributed by atoms with van der Waals surface area (Å²) in [7, 11) is 1.62. The Hall–Kier alpha value is -1.13. The molecule has 0 spiro atoms. The van der Waals surface area contributed by atoms with E-state index in [2.05, 4.69) is 10.3 Å². The topological polar surface area (TPSA) is 54.4 Å². The molecule has 17 heavy (non-hydrogen) atoms. The monoisotopic (exact) mass is 236 g/mol. The Morgan fingerprint density at radius 2 is 2.29 bits per heavy atom. The fraction of sp³-hybridized carbons (Fsp3) is 0.615. The molecule has 0 amide bonds. The molecule has 1 heterocycles. The summed E-state index contributed by atoms with van der Waals surface area (Å²) in [5.74, 6) is 0.654. The van der Waals surface area contributed by atoms with Gasteiger partial charge in [0.05, 0.1) is 12.8 Å². The average Bonchev–Trinajstić information content (AvgIpc) is 3.10. The number of nitrogens with one attached hydrogen (secondary N) is 1. The molecule has 1 fully saturated rings. The Morgan fingerprint density at radius 1 is 1.47 bits per heavy atom. The summed E-state index contributed by atoms with van der Waals surface area (Å²) in [6.45, 7) is 2.01. The number of hydrogen-bond donors (Lipinski definition) is 2. The minimum Gasteiger partial charge on any atom is -0.481 e. The van der Waals surface area contributed by atoms with Crippen LogP contribution in [0.3, 0.4) is 0 Å². The third-order valence-corrected chi connectivity index (χ3v) is 3.40. The van der Waals surface area contributed by atoms with Gasteiger partial charge in [-0.2, -0.15) is 0 Å². The summed E-state index contributed by atoms with van der Waals surface area (Å²) in [5.41, 5.74) is 1.34. The number of rotatable bonds is 7. The number of ether oxygens (including phenoxy) is 1. The van der Waals surface area contributed by atoms with E-state index in [4.69, 9.17) is 9.84 Å². The Labute approximate surface area is 102 Å². The van der Waals surface area contributed by atoms with Crippen molar-refractivity contribution in [3.63, 3.8) is 0 Å². The summed E-state index contributed by atoms with van der Waals surface area (Å²) in [4.78, 5) is 4.34. The van der Waals surface area contributed by atoms with Gasteiger partial charge >= 0.3 is 0 Å². The van der Waals surface area contributed by atoms with Gasteiger partial charge in [-0.25, -0.2) is 4.98 Å². The first-order chi connectivity index (χ1) is 8.28. The van der Waals surface area contributed by atoms with Crippen LogP contribution in [0.2, 0.25) is 0 Å². The van der Waals surface area contributed by atoms with Gasteiger partial charge in [-0.05, 0) is 30.7 Å². The van der Waals surface area contributed by atoms with Crippen LogP contribution in [-0.4, -0.2) is 30.4 Å². The van der Waals surface area contributed by atoms with E-state index in [-0.39, 0.29) is 0 Å². The van der Waals surface area contributed by atoms with Crippen LogP contribution in [0.5, 0.6) is 5.88 Å². The lowest BCUT2D eigenvalue weighted by molar-refractivity contribution is 0.245. The highest BCUT2D eigenvalue weighted by Crippen LogP contribution is 2.47. The Balaban J connectivity index is 1.78. The minimum absolute atomic E-state index is 0.291. The summed E-state index contributed by atoms with van der Waals surface area (Å²) < 4.78 is 5.08. The molecule has 1 saturated carbocycles. The van der Waals surface area contributed by atoms with E-state index in [1.54, 1.807) is 7.11 Å². The fourth-order valence-electron chi connectivity index (χ4n) is 2.05. The van der Waals surface area contributed by atoms with Gasteiger partial charge in [0.15, 0.2) is 0 Å². The van der Waals surface area contributed by atoms with E-state index in [0.29, 0.717) is 17.9 Å². The first kappa shape index (κ1) is 12.3. The lowest BCUT2D eigenvalue weighted by Crippen LogP contribution is -2.24. The lowest BCUT2D eigenvalue weighted by atomic mass is 10.0. The summed E-state index contributed by atoms with van der Waals surface area (Å²) >= 11 is 0. The molecule has 94 valence electrons. The number of nitrogens with zero attached hydrogens (tertiary/aromatic N) is 1. The Kier molecular flexibility index (Phi) is 3.97. The SMILES string of the molecule is COc1cccc(CNCC2(CCO)CC2)n1. The van der Waals surface area contributed by atoms with E-state index >= 15 is 0 Å². The summed E-state index contributed by atoms with van der Waals surface area (Å²) in [6, 6.07) is 5.78. The molecular weight excluding hydrogens is 216 g/mol. The van der Waals surface area contributed by atoms with Crippen molar-refractivity contribution in [2.45, 2.75) is 25.8 Å². The summed E-state index contributed by atoms with van der Waals surface area (Å²) in [6.07, 6.45) is 3.36. The van der Waals surface area contributed by atoms with Gasteiger partial charge in [0.1, 0.15) is 0 Å². The van der Waals surface area contributed by atoms with Crippen LogP contribution in [-0.2, 0) is 6.54 Å². The highest BCUT2D eigenvalue weighted by atomic mass is 16.5. The molecule has 1 aromatic heterocycles. The lowest BCUT2D eigenvalue weighted by Gasteiger charge is -2.14. The van der Waals surface area contributed by atoms with Crippen LogP contribution in [0.4, 0.5) is 0 Å². The third-order valence-electron chi connectivity index (χ3n) is 3.40. The van der Waals surface area contributed by atoms with Crippen molar-refractivity contribution in [2.24, 2.45) is 5.41 Å². The molecule has 0 radical (unpaired) electrons. The Bertz CT molecular complexity index is 364. The molecule has 1 aliphatic carbocycles. The molecule has 0 aromatic carbocycles. The van der Waals surface area contributed by atoms with Gasteiger partial charge in [0, 0.05) is 25.8 Å². The Morgan fingerprint density at radius 3 is 2.94 bits per heavy atom. The van der Waals surface area contributed by atoms with Crippen LogP contribution >= 0.6 is 0 Å². The number of methoxy groups -OCH3 is 1. The summed E-state index contributed by atoms with van der Waals surface area (Å²) in [5, 5.41) is 12.4. The van der Waals surface area contributed by atoms with Crippen molar-refractivity contribution in [3.05, 3.63) is 23.9 Å². The van der Waals surface area contributed by atoms with Crippen molar-refractivity contribution in [1.82, 2.24) is 10.3 Å². The van der Waals surface area contributed by atoms with Crippen LogP contribution < -0.4 is 10.1 Å². The smallest absolute Gasteiger partial charge is 0.213 e. The van der Waals surface area contributed by atoms with Crippen molar-refractivity contribution in [3.8, 4) is 5.88 Å². The van der Waals surface area contributed by atoms with E-state index in [1.165, 1.54) is 12.8 Å². The molecular formula is C13H20N2O2. The van der Waals surface area contributed by atoms with Crippen molar-refractivity contribution in [2.75, 3.05) is 20.3 Å². The minimum atomic E-state index is 0.291. The standard InChI is InChI=1S/C13H20N2O2/c1-17-12-4-2-3-11(15-12)9-14-10-13(5-6-13)7-8-16/h2-4,14,16H,5-10H2,1H3. The molecule has 0 saturated heterocycles. The first-order valence-electron chi connectivity index (χ1n) is 6.09. The molecule has 4 nitrogen and oxygen atoms in total. The van der Waals surface area contributed by atoms with Gasteiger partial charge in [0.2, 0.25) is 5.88 Å². The first-order valence-corrected chi connectivity index (χ1v) is 6.09. The molecule has 2 rings (SSSR count). The fourth-order valence-corrected chi connectivity index (χ4v) is 2.05. The zero-order valence-electron chi connectivity index (χ0n) is 10.3. The predicted octanol–water partition coefficient (Wildman–Crippen LogP) is 1.34. The van der Waals surface area contributed by atoms with Gasteiger partial charge in [-0.15, -0.1) is 0 Å². The molecule has 0 aliphatic heterocycles. The van der Waals surface area contributed by atoms with Crippen molar-refractivity contribution in [1.29, 1.82) is 0 Å². The maximum Gasteiger partial charge on any atom is 0.213 e.